The summed E-state index contributed by atoms with van der Waals surface area (Å²) in [6, 6.07) is 6.68. The lowest BCUT2D eigenvalue weighted by Crippen LogP contribution is -2.34. The van der Waals surface area contributed by atoms with Gasteiger partial charge >= 0.3 is 0 Å². The van der Waals surface area contributed by atoms with E-state index in [1.165, 1.54) is 35.7 Å². The van der Waals surface area contributed by atoms with Crippen LogP contribution in [-0.4, -0.2) is 94.6 Å². The summed E-state index contributed by atoms with van der Waals surface area (Å²) in [4.78, 5) is 50.1. The molecule has 0 bridgehead atoms. The largest absolute Gasteiger partial charge is 0.383 e. The predicted octanol–water partition coefficient (Wildman–Crippen LogP) is 7.81. The maximum atomic E-state index is 14.9. The Bertz CT molecular complexity index is 3160. The molecule has 0 spiro atoms. The Hall–Kier alpha value is -5.02. The number of benzene rings is 2. The summed E-state index contributed by atoms with van der Waals surface area (Å²) in [6.07, 6.45) is 3.01. The molecule has 2 aliphatic rings. The number of aryl methyl sites for hydroxylation is 3. The van der Waals surface area contributed by atoms with Gasteiger partial charge in [-0.1, -0.05) is 41.7 Å². The van der Waals surface area contributed by atoms with Gasteiger partial charge in [0.05, 0.1) is 47.6 Å². The summed E-state index contributed by atoms with van der Waals surface area (Å²) in [5.41, 5.74) is 22.9. The van der Waals surface area contributed by atoms with Crippen LogP contribution in [0.4, 0.5) is 27.7 Å². The highest BCUT2D eigenvalue weighted by Crippen LogP contribution is 2.42. The molecule has 64 heavy (non-hydrogen) atoms. The number of aromatic nitrogens is 10. The minimum absolute atomic E-state index is 0.0274. The number of aromatic amines is 2. The number of anilines is 4. The molecular formula is C42H42Cl3FN16S2. The van der Waals surface area contributed by atoms with Crippen molar-refractivity contribution in [3.8, 4) is 0 Å². The highest BCUT2D eigenvalue weighted by Gasteiger charge is 2.30. The van der Waals surface area contributed by atoms with E-state index in [0.29, 0.717) is 119 Å². The van der Waals surface area contributed by atoms with Crippen LogP contribution in [-0.2, 0) is 12.8 Å². The lowest BCUT2D eigenvalue weighted by Gasteiger charge is -2.20. The molecule has 0 radical (unpaired) electrons. The minimum Gasteiger partial charge on any atom is -0.383 e. The van der Waals surface area contributed by atoms with Gasteiger partial charge in [-0.05, 0) is 74.8 Å². The Morgan fingerprint density at radius 3 is 2.02 bits per heavy atom. The van der Waals surface area contributed by atoms with E-state index < -0.39 is 5.82 Å². The fourth-order valence-corrected chi connectivity index (χ4v) is 11.5. The third kappa shape index (κ3) is 8.05. The number of nitrogen functional groups attached to an aromatic ring is 2. The first-order valence-corrected chi connectivity index (χ1v) is 23.5. The van der Waals surface area contributed by atoms with Crippen molar-refractivity contribution in [3.05, 3.63) is 68.2 Å². The summed E-state index contributed by atoms with van der Waals surface area (Å²) in [7, 11) is 0. The molecular weight excluding hydrogens is 918 g/mol. The monoisotopic (exact) mass is 958 g/mol. The topological polar surface area (TPSA) is 231 Å². The maximum Gasteiger partial charge on any atom is 0.196 e. The first-order chi connectivity index (χ1) is 30.8. The Morgan fingerprint density at radius 1 is 0.734 bits per heavy atom. The molecule has 2 saturated heterocycles. The number of nitrogens with two attached hydrogens (primary N) is 3. The molecule has 8 heterocycles. The Morgan fingerprint density at radius 2 is 1.34 bits per heavy atom. The van der Waals surface area contributed by atoms with Gasteiger partial charge in [-0.25, -0.2) is 44.3 Å². The highest BCUT2D eigenvalue weighted by atomic mass is 35.5. The van der Waals surface area contributed by atoms with Crippen molar-refractivity contribution < 1.29 is 4.39 Å². The van der Waals surface area contributed by atoms with Crippen LogP contribution in [0.5, 0.6) is 0 Å². The van der Waals surface area contributed by atoms with Gasteiger partial charge in [-0.15, -0.1) is 0 Å². The minimum atomic E-state index is -0.443. The molecule has 0 amide bonds. The molecule has 10 rings (SSSR count). The van der Waals surface area contributed by atoms with Crippen LogP contribution >= 0.6 is 58.3 Å². The number of hydrogen-bond donors (Lipinski definition) is 6. The van der Waals surface area contributed by atoms with E-state index in [0.717, 1.165) is 58.8 Å². The molecule has 6 aromatic heterocycles. The van der Waals surface area contributed by atoms with E-state index in [4.69, 9.17) is 71.9 Å². The molecule has 2 fully saturated rings. The number of H-pyrrole nitrogens is 2. The first kappa shape index (κ1) is 42.9. The van der Waals surface area contributed by atoms with Gasteiger partial charge in [0.1, 0.15) is 52.0 Å². The summed E-state index contributed by atoms with van der Waals surface area (Å²) < 4.78 is 14.9. The van der Waals surface area contributed by atoms with E-state index in [9.17, 15) is 4.39 Å². The smallest absolute Gasteiger partial charge is 0.196 e. The molecule has 0 saturated carbocycles. The number of nitrogens with zero attached hydrogens (tertiary/aromatic N) is 10. The zero-order valence-corrected chi connectivity index (χ0v) is 38.8. The molecule has 330 valence electrons. The normalized spacial score (nSPS) is 16.8. The van der Waals surface area contributed by atoms with E-state index in [-0.39, 0.29) is 17.9 Å². The standard InChI is InChI=1S/C42H42Cl3FN16S2/c1-4-24-33(44)31-37(55-24)58-42(64-28-12-19(46)11-26-30(28)36(49)54-17(2)51-26)60-40(31)62-10-7-21(16-62)50-8-5-25-34(45)32-38(56-25)57-41(59-39(32)61-9-6-20(47)15-61)63-22-13-23(43)29-27(14-22)52-18(3)53-35(29)48/h11-14,20-21,50H,4-10,15-16,47H2,1-3H3,(H2,48,52,53)(H2,49,51,54)(H,55,58,60)(H,56,57,59)/t20-,21-/m0/s1. The molecule has 9 N–H and O–H groups in total. The summed E-state index contributed by atoms with van der Waals surface area (Å²) in [5.74, 6) is 2.61. The zero-order chi connectivity index (χ0) is 44.6. The Balaban J connectivity index is 0.890. The van der Waals surface area contributed by atoms with Crippen LogP contribution in [0, 0.1) is 19.7 Å². The lowest BCUT2D eigenvalue weighted by atomic mass is 10.2. The molecule has 22 heteroatoms. The predicted molar refractivity (Wildman–Crippen MR) is 255 cm³/mol. The molecule has 8 aromatic rings. The number of nitrogens with one attached hydrogen (secondary N) is 3. The number of halogens is 4. The SMILES string of the molecule is CCc1[nH]c2nc(Sc3cc(F)cc4nc(C)nc(N)c34)nc(N3CC[C@H](NCCc4[nH]c5nc(Sc6cc(Cl)c7c(N)nc(C)nc7c6)nc(N6CC[C@H](N)C6)c5c4Cl)C3)c2c1Cl. The fraction of sp³-hybridized carbons (Fsp3) is 0.333. The van der Waals surface area contributed by atoms with Crippen LogP contribution in [0.2, 0.25) is 15.1 Å². The van der Waals surface area contributed by atoms with Crippen molar-refractivity contribution in [2.45, 2.75) is 78.6 Å². The van der Waals surface area contributed by atoms with Gasteiger partial charge in [0.2, 0.25) is 0 Å². The van der Waals surface area contributed by atoms with E-state index >= 15 is 0 Å². The molecule has 2 atom stereocenters. The van der Waals surface area contributed by atoms with Crippen molar-refractivity contribution in [2.24, 2.45) is 5.73 Å². The summed E-state index contributed by atoms with van der Waals surface area (Å²) in [5, 5.41) is 8.99. The molecule has 2 aromatic carbocycles. The highest BCUT2D eigenvalue weighted by molar-refractivity contribution is 7.99. The van der Waals surface area contributed by atoms with Crippen LogP contribution in [0.15, 0.2) is 44.4 Å². The molecule has 0 unspecified atom stereocenters. The Labute approximate surface area is 389 Å². The second-order valence-corrected chi connectivity index (χ2v) is 19.3. The average molecular weight is 960 g/mol. The molecule has 16 nitrogen and oxygen atoms in total. The third-order valence-electron chi connectivity index (χ3n) is 11.6. The van der Waals surface area contributed by atoms with Gasteiger partial charge in [-0.3, -0.25) is 0 Å². The lowest BCUT2D eigenvalue weighted by molar-refractivity contribution is 0.552. The number of hydrogen-bond acceptors (Lipinski definition) is 16. The van der Waals surface area contributed by atoms with Gasteiger partial charge in [0.15, 0.2) is 10.3 Å². The van der Waals surface area contributed by atoms with Crippen LogP contribution in [0.1, 0.15) is 42.8 Å². The Kier molecular flexibility index (Phi) is 11.5. The fourth-order valence-electron chi connectivity index (χ4n) is 8.63. The van der Waals surface area contributed by atoms with Crippen molar-refractivity contribution in [3.63, 3.8) is 0 Å². The van der Waals surface area contributed by atoms with Crippen LogP contribution in [0.25, 0.3) is 43.9 Å². The van der Waals surface area contributed by atoms with Gasteiger partial charge in [0, 0.05) is 78.5 Å². The van der Waals surface area contributed by atoms with E-state index in [1.54, 1.807) is 13.8 Å². The van der Waals surface area contributed by atoms with E-state index in [2.05, 4.69) is 45.0 Å². The zero-order valence-electron chi connectivity index (χ0n) is 34.9. The van der Waals surface area contributed by atoms with Crippen molar-refractivity contribution in [1.29, 1.82) is 0 Å². The maximum absolute atomic E-state index is 14.9. The van der Waals surface area contributed by atoms with Gasteiger partial charge < -0.3 is 42.3 Å². The quantitative estimate of drug-likeness (QED) is 0.0679. The molecule has 2 aliphatic heterocycles. The van der Waals surface area contributed by atoms with Crippen LogP contribution < -0.4 is 32.3 Å². The van der Waals surface area contributed by atoms with Crippen molar-refractivity contribution >= 4 is 125 Å². The summed E-state index contributed by atoms with van der Waals surface area (Å²) >= 11 is 23.5. The average Bonchev–Trinajstić information content (AvgIpc) is 4.02. The number of rotatable bonds is 11. The third-order valence-corrected chi connectivity index (χ3v) is 14.4. The summed E-state index contributed by atoms with van der Waals surface area (Å²) in [6.45, 7) is 8.99. The van der Waals surface area contributed by atoms with Crippen molar-refractivity contribution in [2.75, 3.05) is 54.0 Å². The number of fused-ring (bicyclic) bond motifs is 4. The van der Waals surface area contributed by atoms with Crippen molar-refractivity contribution in [1.82, 2.24) is 55.2 Å². The van der Waals surface area contributed by atoms with Gasteiger partial charge in [-0.2, -0.15) is 0 Å². The van der Waals surface area contributed by atoms with Crippen LogP contribution in [0.3, 0.4) is 0 Å². The van der Waals surface area contributed by atoms with E-state index in [1.807, 2.05) is 19.1 Å². The second-order valence-electron chi connectivity index (χ2n) is 16.0. The van der Waals surface area contributed by atoms with Gasteiger partial charge in [0.25, 0.3) is 0 Å². The molecule has 0 aliphatic carbocycles. The second kappa shape index (κ2) is 17.1. The first-order valence-electron chi connectivity index (χ1n) is 20.8.